The molecule has 1 aromatic rings. The number of rotatable bonds is 1. The van der Waals surface area contributed by atoms with E-state index in [-0.39, 0.29) is 0 Å². The molecule has 2 aliphatic rings. The van der Waals surface area contributed by atoms with Crippen LogP contribution < -0.4 is 5.73 Å². The van der Waals surface area contributed by atoms with Crippen molar-refractivity contribution in [1.82, 2.24) is 0 Å². The van der Waals surface area contributed by atoms with Gasteiger partial charge >= 0.3 is 0 Å². The normalized spacial score (nSPS) is 22.9. The van der Waals surface area contributed by atoms with Crippen LogP contribution in [0.2, 0.25) is 0 Å². The number of anilines is 1. The first-order valence-electron chi connectivity index (χ1n) is 6.74. The van der Waals surface area contributed by atoms with Gasteiger partial charge in [-0.15, -0.1) is 0 Å². The number of benzene rings is 1. The smallest absolute Gasteiger partial charge is 0.0352 e. The van der Waals surface area contributed by atoms with Crippen LogP contribution in [0.1, 0.15) is 60.8 Å². The molecule has 0 radical (unpaired) electrons. The first-order valence-corrected chi connectivity index (χ1v) is 6.74. The molecule has 16 heavy (non-hydrogen) atoms. The molecule has 0 spiro atoms. The second-order valence-corrected chi connectivity index (χ2v) is 5.35. The summed E-state index contributed by atoms with van der Waals surface area (Å²) in [7, 11) is 0. The van der Waals surface area contributed by atoms with E-state index in [0.717, 1.165) is 11.6 Å². The van der Waals surface area contributed by atoms with E-state index in [1.807, 2.05) is 0 Å². The van der Waals surface area contributed by atoms with Crippen molar-refractivity contribution < 1.29 is 0 Å². The molecule has 1 heteroatoms. The first kappa shape index (κ1) is 10.2. The van der Waals surface area contributed by atoms with Crippen LogP contribution in [0.5, 0.6) is 0 Å². The molecule has 3 rings (SSSR count). The molecule has 1 unspecified atom stereocenters. The largest absolute Gasteiger partial charge is 0.398 e. The van der Waals surface area contributed by atoms with Gasteiger partial charge in [0, 0.05) is 5.69 Å². The number of hydrogen-bond donors (Lipinski definition) is 1. The second-order valence-electron chi connectivity index (χ2n) is 5.35. The molecular formula is C15H21N. The zero-order valence-corrected chi connectivity index (χ0v) is 10.2. The quantitative estimate of drug-likeness (QED) is 0.712. The number of nitrogen functional groups attached to an aromatic ring is 1. The Hall–Kier alpha value is -0.980. The molecule has 0 amide bonds. The Morgan fingerprint density at radius 3 is 2.69 bits per heavy atom. The molecule has 0 aromatic heterocycles. The highest BCUT2D eigenvalue weighted by molar-refractivity contribution is 5.60. The Labute approximate surface area is 98.0 Å². The predicted octanol–water partition coefficient (Wildman–Crippen LogP) is 3.59. The van der Waals surface area contributed by atoms with Crippen molar-refractivity contribution in [2.75, 3.05) is 5.73 Å². The van der Waals surface area contributed by atoms with Crippen LogP contribution in [-0.4, -0.2) is 0 Å². The zero-order chi connectivity index (χ0) is 11.1. The summed E-state index contributed by atoms with van der Waals surface area (Å²) in [6, 6.07) is 2.27. The monoisotopic (exact) mass is 215 g/mol. The number of fused-ring (bicyclic) bond motifs is 3. The summed E-state index contributed by atoms with van der Waals surface area (Å²) in [6.45, 7) is 2.32. The molecule has 2 N–H and O–H groups in total. The maximum Gasteiger partial charge on any atom is 0.0352 e. The molecule has 1 aromatic carbocycles. The van der Waals surface area contributed by atoms with E-state index in [9.17, 15) is 0 Å². The molecule has 0 heterocycles. The van der Waals surface area contributed by atoms with E-state index in [1.54, 1.807) is 16.7 Å². The minimum atomic E-state index is 0.822. The van der Waals surface area contributed by atoms with Crippen LogP contribution in [0, 0.1) is 0 Å². The van der Waals surface area contributed by atoms with Crippen LogP contribution in [0.4, 0.5) is 5.69 Å². The summed E-state index contributed by atoms with van der Waals surface area (Å²) < 4.78 is 0. The van der Waals surface area contributed by atoms with E-state index >= 15 is 0 Å². The van der Waals surface area contributed by atoms with Gasteiger partial charge in [0.1, 0.15) is 0 Å². The molecule has 0 saturated carbocycles. The van der Waals surface area contributed by atoms with Gasteiger partial charge in [-0.1, -0.05) is 6.92 Å². The van der Waals surface area contributed by atoms with Gasteiger partial charge in [-0.3, -0.25) is 0 Å². The minimum absolute atomic E-state index is 0.822. The predicted molar refractivity (Wildman–Crippen MR) is 68.8 cm³/mol. The number of aryl methyl sites for hydroxylation is 1. The highest BCUT2D eigenvalue weighted by Crippen LogP contribution is 2.43. The third kappa shape index (κ3) is 1.37. The van der Waals surface area contributed by atoms with Crippen LogP contribution >= 0.6 is 0 Å². The standard InChI is InChI=1S/C15H21N/c1-2-10-7-8-11-9-14(16)12-5-3-4-6-13(12)15(10)11/h9-10H,2-8,16H2,1H3. The van der Waals surface area contributed by atoms with Crippen molar-refractivity contribution in [3.63, 3.8) is 0 Å². The van der Waals surface area contributed by atoms with Crippen molar-refractivity contribution in [3.8, 4) is 0 Å². The van der Waals surface area contributed by atoms with Gasteiger partial charge in [0.15, 0.2) is 0 Å². The van der Waals surface area contributed by atoms with Gasteiger partial charge in [0.05, 0.1) is 0 Å². The van der Waals surface area contributed by atoms with E-state index in [4.69, 9.17) is 5.73 Å². The molecule has 86 valence electrons. The molecule has 0 bridgehead atoms. The molecule has 0 fully saturated rings. The van der Waals surface area contributed by atoms with Gasteiger partial charge in [-0.2, -0.15) is 0 Å². The Bertz CT molecular complexity index is 420. The van der Waals surface area contributed by atoms with Gasteiger partial charge in [-0.05, 0) is 79.2 Å². The molecule has 0 aliphatic heterocycles. The maximum absolute atomic E-state index is 6.20. The Morgan fingerprint density at radius 1 is 1.19 bits per heavy atom. The van der Waals surface area contributed by atoms with E-state index in [2.05, 4.69) is 13.0 Å². The summed E-state index contributed by atoms with van der Waals surface area (Å²) in [5, 5.41) is 0. The van der Waals surface area contributed by atoms with Gasteiger partial charge in [0.2, 0.25) is 0 Å². The summed E-state index contributed by atoms with van der Waals surface area (Å²) >= 11 is 0. The lowest BCUT2D eigenvalue weighted by Gasteiger charge is -2.24. The van der Waals surface area contributed by atoms with Crippen LogP contribution in [0.15, 0.2) is 6.07 Å². The lowest BCUT2D eigenvalue weighted by molar-refractivity contribution is 0.631. The lowest BCUT2D eigenvalue weighted by atomic mass is 9.82. The zero-order valence-electron chi connectivity index (χ0n) is 10.2. The van der Waals surface area contributed by atoms with Crippen molar-refractivity contribution in [3.05, 3.63) is 28.3 Å². The average Bonchev–Trinajstić information content (AvgIpc) is 2.72. The first-order chi connectivity index (χ1) is 7.81. The van der Waals surface area contributed by atoms with Crippen LogP contribution in [0.25, 0.3) is 0 Å². The second kappa shape index (κ2) is 3.80. The Kier molecular flexibility index (Phi) is 2.42. The number of hydrogen-bond acceptors (Lipinski definition) is 1. The molecule has 0 saturated heterocycles. The molecule has 1 atom stereocenters. The average molecular weight is 215 g/mol. The van der Waals surface area contributed by atoms with Crippen molar-refractivity contribution >= 4 is 5.69 Å². The summed E-state index contributed by atoms with van der Waals surface area (Å²) in [5.41, 5.74) is 13.7. The fourth-order valence-corrected chi connectivity index (χ4v) is 3.67. The van der Waals surface area contributed by atoms with Gasteiger partial charge in [0.25, 0.3) is 0 Å². The summed E-state index contributed by atoms with van der Waals surface area (Å²) in [5.74, 6) is 0.822. The van der Waals surface area contributed by atoms with Crippen molar-refractivity contribution in [2.24, 2.45) is 0 Å². The molecular weight excluding hydrogens is 194 g/mol. The fourth-order valence-electron chi connectivity index (χ4n) is 3.67. The van der Waals surface area contributed by atoms with E-state index < -0.39 is 0 Å². The SMILES string of the molecule is CCC1CCc2cc(N)c3c(c21)CCCC3. The molecule has 2 aliphatic carbocycles. The third-order valence-corrected chi connectivity index (χ3v) is 4.48. The topological polar surface area (TPSA) is 26.0 Å². The Morgan fingerprint density at radius 2 is 1.94 bits per heavy atom. The van der Waals surface area contributed by atoms with E-state index in [1.165, 1.54) is 50.5 Å². The lowest BCUT2D eigenvalue weighted by Crippen LogP contribution is -2.11. The maximum atomic E-state index is 6.20. The van der Waals surface area contributed by atoms with E-state index in [0.29, 0.717) is 0 Å². The highest BCUT2D eigenvalue weighted by atomic mass is 14.6. The Balaban J connectivity index is 2.18. The number of nitrogens with two attached hydrogens (primary N) is 1. The fraction of sp³-hybridized carbons (Fsp3) is 0.600. The van der Waals surface area contributed by atoms with Gasteiger partial charge < -0.3 is 5.73 Å². The third-order valence-electron chi connectivity index (χ3n) is 4.48. The molecule has 1 nitrogen and oxygen atoms in total. The summed E-state index contributed by atoms with van der Waals surface area (Å²) in [6.07, 6.45) is 9.08. The highest BCUT2D eigenvalue weighted by Gasteiger charge is 2.27. The summed E-state index contributed by atoms with van der Waals surface area (Å²) in [4.78, 5) is 0. The van der Waals surface area contributed by atoms with Crippen molar-refractivity contribution in [2.45, 2.75) is 57.8 Å². The van der Waals surface area contributed by atoms with Crippen molar-refractivity contribution in [1.29, 1.82) is 0 Å². The van der Waals surface area contributed by atoms with Gasteiger partial charge in [-0.25, -0.2) is 0 Å². The van der Waals surface area contributed by atoms with Crippen LogP contribution in [0.3, 0.4) is 0 Å². The minimum Gasteiger partial charge on any atom is -0.398 e. The van der Waals surface area contributed by atoms with Crippen LogP contribution in [-0.2, 0) is 19.3 Å².